The molecule has 0 bridgehead atoms. The maximum Gasteiger partial charge on any atom is 0.524 e. The highest BCUT2D eigenvalue weighted by atomic mass is 19.4. The number of esters is 1. The van der Waals surface area contributed by atoms with Gasteiger partial charge >= 0.3 is 12.3 Å². The van der Waals surface area contributed by atoms with Gasteiger partial charge in [-0.25, -0.2) is 4.79 Å². The maximum absolute atomic E-state index is 11.9. The normalized spacial score (nSPS) is 24.0. The highest BCUT2D eigenvalue weighted by Gasteiger charge is 2.42. The average Bonchev–Trinajstić information content (AvgIpc) is 2.17. The first-order valence-corrected chi connectivity index (χ1v) is 4.98. The first-order chi connectivity index (χ1) is 7.79. The van der Waals surface area contributed by atoms with Crippen LogP contribution in [0.1, 0.15) is 13.3 Å². The van der Waals surface area contributed by atoms with E-state index in [-0.39, 0.29) is 25.2 Å². The molecule has 98 valence electrons. The third kappa shape index (κ3) is 4.74. The molecule has 1 heterocycles. The van der Waals surface area contributed by atoms with Crippen molar-refractivity contribution in [2.24, 2.45) is 5.92 Å². The fourth-order valence-electron chi connectivity index (χ4n) is 1.22. The minimum absolute atomic E-state index is 0.0252. The van der Waals surface area contributed by atoms with Crippen LogP contribution in [-0.2, 0) is 19.0 Å². The second-order valence-corrected chi connectivity index (χ2v) is 3.73. The number of hydrogen-bond donors (Lipinski definition) is 0. The van der Waals surface area contributed by atoms with Gasteiger partial charge in [-0.1, -0.05) is 6.58 Å². The molecule has 0 saturated carbocycles. The van der Waals surface area contributed by atoms with Gasteiger partial charge in [-0.15, -0.1) is 13.2 Å². The zero-order valence-corrected chi connectivity index (χ0v) is 9.25. The highest BCUT2D eigenvalue weighted by molar-refractivity contribution is 5.86. The monoisotopic (exact) mass is 254 g/mol. The Balaban J connectivity index is 2.20. The van der Waals surface area contributed by atoms with Gasteiger partial charge in [0.15, 0.2) is 6.29 Å². The van der Waals surface area contributed by atoms with E-state index < -0.39 is 24.5 Å². The van der Waals surface area contributed by atoms with Crippen molar-refractivity contribution in [1.82, 2.24) is 0 Å². The summed E-state index contributed by atoms with van der Waals surface area (Å²) in [6.45, 7) is 5.07. The lowest BCUT2D eigenvalue weighted by molar-refractivity contribution is -0.415. The first kappa shape index (κ1) is 14.0. The van der Waals surface area contributed by atoms with Crippen LogP contribution < -0.4 is 0 Å². The predicted octanol–water partition coefficient (Wildman–Crippen LogP) is 2.00. The van der Waals surface area contributed by atoms with Crippen molar-refractivity contribution in [2.75, 3.05) is 13.2 Å². The summed E-state index contributed by atoms with van der Waals surface area (Å²) in [5.41, 5.74) is 0.248. The lowest BCUT2D eigenvalue weighted by Crippen LogP contribution is -2.45. The number of hydrogen-bond acceptors (Lipinski definition) is 4. The Kier molecular flexibility index (Phi) is 4.53. The quantitative estimate of drug-likeness (QED) is 0.556. The van der Waals surface area contributed by atoms with Crippen molar-refractivity contribution in [3.63, 3.8) is 0 Å². The molecule has 7 heteroatoms. The molecule has 2 atom stereocenters. The molecular weight excluding hydrogens is 241 g/mol. The van der Waals surface area contributed by atoms with Gasteiger partial charge in [0.1, 0.15) is 0 Å². The Bertz CT molecular complexity index is 300. The summed E-state index contributed by atoms with van der Waals surface area (Å²) >= 11 is 0. The number of ether oxygens (including phenoxy) is 3. The summed E-state index contributed by atoms with van der Waals surface area (Å²) in [6.07, 6.45) is -5.74. The summed E-state index contributed by atoms with van der Waals surface area (Å²) in [5, 5.41) is 0. The largest absolute Gasteiger partial charge is 0.524 e. The van der Waals surface area contributed by atoms with E-state index in [4.69, 9.17) is 4.74 Å². The maximum atomic E-state index is 11.9. The molecule has 1 rings (SSSR count). The van der Waals surface area contributed by atoms with Crippen LogP contribution in [0.3, 0.4) is 0 Å². The van der Waals surface area contributed by atoms with Crippen LogP contribution in [0.5, 0.6) is 0 Å². The van der Waals surface area contributed by atoms with Gasteiger partial charge in [0.25, 0.3) is 0 Å². The van der Waals surface area contributed by atoms with Crippen LogP contribution in [0.2, 0.25) is 0 Å². The van der Waals surface area contributed by atoms with Gasteiger partial charge in [-0.3, -0.25) is 4.74 Å². The van der Waals surface area contributed by atoms with Gasteiger partial charge < -0.3 is 9.47 Å². The van der Waals surface area contributed by atoms with E-state index in [9.17, 15) is 18.0 Å². The summed E-state index contributed by atoms with van der Waals surface area (Å²) < 4.78 is 48.7. The van der Waals surface area contributed by atoms with Gasteiger partial charge in [-0.2, -0.15) is 0 Å². The minimum atomic E-state index is -4.71. The molecule has 0 radical (unpaired) electrons. The van der Waals surface area contributed by atoms with Gasteiger partial charge in [0, 0.05) is 11.5 Å². The molecule has 0 aromatic heterocycles. The van der Waals surface area contributed by atoms with Crippen LogP contribution >= 0.6 is 0 Å². The molecule has 0 spiro atoms. The Morgan fingerprint density at radius 2 is 2.18 bits per heavy atom. The smallest absolute Gasteiger partial charge is 0.462 e. The van der Waals surface area contributed by atoms with E-state index in [1.807, 2.05) is 0 Å². The lowest BCUT2D eigenvalue weighted by atomic mass is 10.0. The standard InChI is InChI=1S/C10H13F3O4/c1-6(2)8(14)15-4-3-7-5-16-9(7)17-10(11,12)13/h7,9H,1,3-5H2,2H3. The van der Waals surface area contributed by atoms with E-state index in [0.717, 1.165) is 0 Å². The molecule has 4 nitrogen and oxygen atoms in total. The second-order valence-electron chi connectivity index (χ2n) is 3.73. The van der Waals surface area contributed by atoms with E-state index >= 15 is 0 Å². The van der Waals surface area contributed by atoms with Crippen LogP contribution in [0, 0.1) is 5.92 Å². The Hall–Kier alpha value is -1.08. The highest BCUT2D eigenvalue weighted by Crippen LogP contribution is 2.31. The molecule has 17 heavy (non-hydrogen) atoms. The first-order valence-electron chi connectivity index (χ1n) is 4.98. The summed E-state index contributed by atoms with van der Waals surface area (Å²) in [5.74, 6) is -0.965. The van der Waals surface area contributed by atoms with E-state index in [1.54, 1.807) is 0 Å². The minimum Gasteiger partial charge on any atom is -0.462 e. The third-order valence-corrected chi connectivity index (χ3v) is 2.18. The fourth-order valence-corrected chi connectivity index (χ4v) is 1.22. The summed E-state index contributed by atoms with van der Waals surface area (Å²) in [4.78, 5) is 11.0. The van der Waals surface area contributed by atoms with Crippen molar-refractivity contribution in [2.45, 2.75) is 26.0 Å². The molecule has 0 aromatic carbocycles. The average molecular weight is 254 g/mol. The Morgan fingerprint density at radius 3 is 2.59 bits per heavy atom. The molecule has 0 aliphatic carbocycles. The predicted molar refractivity (Wildman–Crippen MR) is 50.8 cm³/mol. The number of carbonyl (C=O) groups is 1. The van der Waals surface area contributed by atoms with Crippen LogP contribution in [0.15, 0.2) is 12.2 Å². The summed E-state index contributed by atoms with van der Waals surface area (Å²) in [6, 6.07) is 0. The van der Waals surface area contributed by atoms with Crippen molar-refractivity contribution in [1.29, 1.82) is 0 Å². The van der Waals surface area contributed by atoms with Crippen LogP contribution in [-0.4, -0.2) is 31.8 Å². The van der Waals surface area contributed by atoms with Gasteiger partial charge in [-0.05, 0) is 13.3 Å². The molecule has 0 N–H and O–H groups in total. The zero-order valence-electron chi connectivity index (χ0n) is 9.25. The van der Waals surface area contributed by atoms with Crippen molar-refractivity contribution in [3.8, 4) is 0 Å². The van der Waals surface area contributed by atoms with Gasteiger partial charge in [0.05, 0.1) is 13.2 Å². The second kappa shape index (κ2) is 5.50. The number of alkyl halides is 3. The van der Waals surface area contributed by atoms with Crippen LogP contribution in [0.4, 0.5) is 13.2 Å². The third-order valence-electron chi connectivity index (χ3n) is 2.18. The van der Waals surface area contributed by atoms with E-state index in [0.29, 0.717) is 0 Å². The number of halogens is 3. The molecule has 1 fully saturated rings. The van der Waals surface area contributed by atoms with E-state index in [2.05, 4.69) is 16.1 Å². The fraction of sp³-hybridized carbons (Fsp3) is 0.700. The lowest BCUT2D eigenvalue weighted by Gasteiger charge is -2.36. The molecule has 0 aromatic rings. The number of rotatable bonds is 5. The van der Waals surface area contributed by atoms with Crippen molar-refractivity contribution >= 4 is 5.97 Å². The molecule has 0 amide bonds. The van der Waals surface area contributed by atoms with E-state index in [1.165, 1.54) is 6.92 Å². The van der Waals surface area contributed by atoms with Crippen molar-refractivity contribution < 1.29 is 32.2 Å². The zero-order chi connectivity index (χ0) is 13.1. The topological polar surface area (TPSA) is 44.8 Å². The molecule has 1 saturated heterocycles. The molecule has 2 unspecified atom stereocenters. The SMILES string of the molecule is C=C(C)C(=O)OCCC1COC1OC(F)(F)F. The Labute approximate surface area is 96.3 Å². The molecular formula is C10H13F3O4. The summed E-state index contributed by atoms with van der Waals surface area (Å²) in [7, 11) is 0. The van der Waals surface area contributed by atoms with Crippen LogP contribution in [0.25, 0.3) is 0 Å². The molecule has 1 aliphatic rings. The molecule has 1 aliphatic heterocycles. The number of carbonyl (C=O) groups excluding carboxylic acids is 1. The Morgan fingerprint density at radius 1 is 1.53 bits per heavy atom. The van der Waals surface area contributed by atoms with Crippen molar-refractivity contribution in [3.05, 3.63) is 12.2 Å². The van der Waals surface area contributed by atoms with Gasteiger partial charge in [0.2, 0.25) is 0 Å².